The van der Waals surface area contributed by atoms with Gasteiger partial charge in [-0.05, 0) is 67.4 Å². The number of fused-ring (bicyclic) bond motifs is 3. The van der Waals surface area contributed by atoms with Crippen LogP contribution >= 0.6 is 11.6 Å². The minimum atomic E-state index is 0.798. The third kappa shape index (κ3) is 2.88. The van der Waals surface area contributed by atoms with Gasteiger partial charge in [-0.3, -0.25) is 4.98 Å². The third-order valence-electron chi connectivity index (χ3n) is 5.11. The number of aromatic nitrogens is 2. The lowest BCUT2D eigenvalue weighted by Gasteiger charge is -2.23. The minimum absolute atomic E-state index is 0.798. The molecule has 0 fully saturated rings. The summed E-state index contributed by atoms with van der Waals surface area (Å²) in [7, 11) is 2.18. The topological polar surface area (TPSA) is 21.1 Å². The Labute approximate surface area is 153 Å². The van der Waals surface area contributed by atoms with Gasteiger partial charge in [0.25, 0.3) is 0 Å². The Bertz CT molecular complexity index is 984. The van der Waals surface area contributed by atoms with E-state index in [4.69, 9.17) is 11.6 Å². The van der Waals surface area contributed by atoms with Gasteiger partial charge in [0.05, 0.1) is 5.52 Å². The van der Waals surface area contributed by atoms with Gasteiger partial charge >= 0.3 is 0 Å². The first-order chi connectivity index (χ1) is 12.0. The van der Waals surface area contributed by atoms with E-state index < -0.39 is 0 Å². The second kappa shape index (κ2) is 6.32. The zero-order chi connectivity index (χ0) is 17.6. The lowest BCUT2D eigenvalue weighted by Crippen LogP contribution is -2.26. The number of aryl methyl sites for hydroxylation is 1. The second-order valence-electron chi connectivity index (χ2n) is 6.95. The first-order valence-electron chi connectivity index (χ1n) is 8.63. The van der Waals surface area contributed by atoms with Crippen LogP contribution in [0.2, 0.25) is 5.02 Å². The molecule has 1 aliphatic heterocycles. The van der Waals surface area contributed by atoms with E-state index in [1.54, 1.807) is 0 Å². The number of hydrogen-bond acceptors (Lipinski definition) is 2. The van der Waals surface area contributed by atoms with E-state index in [0.717, 1.165) is 24.5 Å². The normalized spacial score (nSPS) is 15.6. The maximum absolute atomic E-state index is 6.28. The monoisotopic (exact) mass is 351 g/mol. The molecule has 4 heteroatoms. The molecule has 0 aliphatic carbocycles. The average Bonchev–Trinajstić information content (AvgIpc) is 2.88. The molecule has 3 aromatic rings. The Kier molecular flexibility index (Phi) is 4.14. The summed E-state index contributed by atoms with van der Waals surface area (Å²) in [6.07, 6.45) is 7.10. The highest BCUT2D eigenvalue weighted by Gasteiger charge is 2.22. The van der Waals surface area contributed by atoms with Gasteiger partial charge in [0.1, 0.15) is 0 Å². The second-order valence-corrected chi connectivity index (χ2v) is 7.38. The van der Waals surface area contributed by atoms with Crippen LogP contribution in [0.3, 0.4) is 0 Å². The molecule has 0 unspecified atom stereocenters. The summed E-state index contributed by atoms with van der Waals surface area (Å²) >= 11 is 6.28. The van der Waals surface area contributed by atoms with Gasteiger partial charge < -0.3 is 9.47 Å². The molecule has 0 atom stereocenters. The highest BCUT2D eigenvalue weighted by atomic mass is 35.5. The van der Waals surface area contributed by atoms with Gasteiger partial charge in [-0.25, -0.2) is 0 Å². The summed E-state index contributed by atoms with van der Waals surface area (Å²) in [4.78, 5) is 6.58. The summed E-state index contributed by atoms with van der Waals surface area (Å²) in [6.45, 7) is 6.33. The molecule has 4 rings (SSSR count). The molecule has 0 saturated carbocycles. The number of halogens is 1. The molecule has 0 bridgehead atoms. The van der Waals surface area contributed by atoms with Crippen molar-refractivity contribution >= 4 is 34.3 Å². The Morgan fingerprint density at radius 2 is 2.12 bits per heavy atom. The van der Waals surface area contributed by atoms with Crippen LogP contribution < -0.4 is 0 Å². The van der Waals surface area contributed by atoms with E-state index in [1.807, 2.05) is 18.5 Å². The molecular formula is C21H22ClN3. The van der Waals surface area contributed by atoms with Crippen LogP contribution in [0.25, 0.3) is 22.7 Å². The molecule has 3 nitrogen and oxygen atoms in total. The molecule has 2 aromatic heterocycles. The highest BCUT2D eigenvalue weighted by molar-refractivity contribution is 6.31. The lowest BCUT2D eigenvalue weighted by atomic mass is 10.0. The van der Waals surface area contributed by atoms with Crippen molar-refractivity contribution in [2.24, 2.45) is 0 Å². The maximum atomic E-state index is 6.28. The highest BCUT2D eigenvalue weighted by Crippen LogP contribution is 2.33. The van der Waals surface area contributed by atoms with Crippen LogP contribution in [0.5, 0.6) is 0 Å². The smallest absolute Gasteiger partial charge is 0.0529 e. The predicted octanol–water partition coefficient (Wildman–Crippen LogP) is 5.00. The van der Waals surface area contributed by atoms with E-state index in [0.29, 0.717) is 0 Å². The van der Waals surface area contributed by atoms with Crippen LogP contribution in [0.15, 0.2) is 36.7 Å². The van der Waals surface area contributed by atoms with E-state index in [2.05, 4.69) is 59.7 Å². The van der Waals surface area contributed by atoms with Gasteiger partial charge in [-0.2, -0.15) is 0 Å². The van der Waals surface area contributed by atoms with Crippen molar-refractivity contribution in [2.45, 2.75) is 26.8 Å². The van der Waals surface area contributed by atoms with E-state index in [9.17, 15) is 0 Å². The molecule has 0 saturated heterocycles. The Balaban J connectivity index is 1.93. The first-order valence-corrected chi connectivity index (χ1v) is 9.01. The van der Waals surface area contributed by atoms with Crippen LogP contribution in [0.4, 0.5) is 0 Å². The molecule has 0 amide bonds. The molecule has 0 N–H and O–H groups in total. The first kappa shape index (κ1) is 16.4. The standard InChI is InChI=1S/C21H22ClN3/c1-14-11-23-8-6-17(14)15(2)12-25-20-5-4-16(22)10-18(20)19-13-24(3)9-7-21(19)25/h4-6,8,10-12H,7,9,13H2,1-3H3/b15-12-. The van der Waals surface area contributed by atoms with Gasteiger partial charge in [-0.15, -0.1) is 0 Å². The van der Waals surface area contributed by atoms with E-state index >= 15 is 0 Å². The predicted molar refractivity (Wildman–Crippen MR) is 106 cm³/mol. The molecule has 1 aliphatic rings. The molecule has 3 heterocycles. The van der Waals surface area contributed by atoms with E-state index in [1.165, 1.54) is 38.9 Å². The molecule has 25 heavy (non-hydrogen) atoms. The Morgan fingerprint density at radius 1 is 1.28 bits per heavy atom. The number of likely N-dealkylation sites (N-methyl/N-ethyl adjacent to an activating group) is 1. The lowest BCUT2D eigenvalue weighted by molar-refractivity contribution is 0.312. The largest absolute Gasteiger partial charge is 0.320 e. The van der Waals surface area contributed by atoms with Crippen LogP contribution in [-0.4, -0.2) is 28.0 Å². The van der Waals surface area contributed by atoms with Crippen molar-refractivity contribution in [2.75, 3.05) is 13.6 Å². The van der Waals surface area contributed by atoms with Crippen molar-refractivity contribution in [3.05, 3.63) is 64.1 Å². The van der Waals surface area contributed by atoms with Gasteiger partial charge in [0.2, 0.25) is 0 Å². The summed E-state index contributed by atoms with van der Waals surface area (Å²) in [5.41, 5.74) is 7.73. The fourth-order valence-electron chi connectivity index (χ4n) is 3.83. The Hall–Kier alpha value is -2.10. The quantitative estimate of drug-likeness (QED) is 0.647. The minimum Gasteiger partial charge on any atom is -0.320 e. The zero-order valence-electron chi connectivity index (χ0n) is 14.9. The molecule has 0 radical (unpaired) electrons. The fraction of sp³-hybridized carbons (Fsp3) is 0.286. The van der Waals surface area contributed by atoms with Gasteiger partial charge in [-0.1, -0.05) is 11.6 Å². The number of allylic oxidation sites excluding steroid dienone is 1. The number of benzene rings is 1. The summed E-state index contributed by atoms with van der Waals surface area (Å²) in [5.74, 6) is 0. The summed E-state index contributed by atoms with van der Waals surface area (Å²) < 4.78 is 2.36. The molecule has 128 valence electrons. The van der Waals surface area contributed by atoms with Crippen LogP contribution in [0.1, 0.15) is 29.3 Å². The van der Waals surface area contributed by atoms with Crippen molar-refractivity contribution in [1.82, 2.24) is 14.5 Å². The number of hydrogen-bond donors (Lipinski definition) is 0. The van der Waals surface area contributed by atoms with Gasteiger partial charge in [0, 0.05) is 54.2 Å². The van der Waals surface area contributed by atoms with Crippen molar-refractivity contribution in [3.8, 4) is 0 Å². The number of rotatable bonds is 2. The van der Waals surface area contributed by atoms with Crippen LogP contribution in [0, 0.1) is 6.92 Å². The SMILES string of the molecule is C/C(=C/n1c2c(c3cc(Cl)ccc31)CN(C)CC2)c1ccncc1C. The molecule has 0 spiro atoms. The number of nitrogens with zero attached hydrogens (tertiary/aromatic N) is 3. The van der Waals surface area contributed by atoms with Gasteiger partial charge in [0.15, 0.2) is 0 Å². The third-order valence-corrected chi connectivity index (χ3v) is 5.34. The van der Waals surface area contributed by atoms with Crippen LogP contribution in [-0.2, 0) is 13.0 Å². The maximum Gasteiger partial charge on any atom is 0.0529 e. The zero-order valence-corrected chi connectivity index (χ0v) is 15.6. The number of pyridine rings is 1. The van der Waals surface area contributed by atoms with Crippen molar-refractivity contribution in [3.63, 3.8) is 0 Å². The average molecular weight is 352 g/mol. The van der Waals surface area contributed by atoms with Crippen molar-refractivity contribution in [1.29, 1.82) is 0 Å². The molecular weight excluding hydrogens is 330 g/mol. The molecule has 1 aromatic carbocycles. The van der Waals surface area contributed by atoms with E-state index in [-0.39, 0.29) is 0 Å². The fourth-order valence-corrected chi connectivity index (χ4v) is 4.00. The summed E-state index contributed by atoms with van der Waals surface area (Å²) in [5, 5.41) is 2.07. The Morgan fingerprint density at radius 3 is 2.92 bits per heavy atom. The van der Waals surface area contributed by atoms with Crippen molar-refractivity contribution < 1.29 is 0 Å². The summed E-state index contributed by atoms with van der Waals surface area (Å²) in [6, 6.07) is 8.31.